The van der Waals surface area contributed by atoms with E-state index in [2.05, 4.69) is 10.8 Å². The predicted octanol–water partition coefficient (Wildman–Crippen LogP) is -1.57. The Morgan fingerprint density at radius 3 is 3.33 bits per heavy atom. The zero-order valence-electron chi connectivity index (χ0n) is 4.89. The van der Waals surface area contributed by atoms with Crippen LogP contribution < -0.4 is 10.8 Å². The van der Waals surface area contributed by atoms with Crippen LogP contribution in [0.4, 0.5) is 0 Å². The lowest BCUT2D eigenvalue weighted by molar-refractivity contribution is -0.119. The molecule has 2 saturated heterocycles. The Kier molecular flexibility index (Phi) is 1.05. The quantitative estimate of drug-likeness (QED) is 0.414. The standard InChI is InChI=1S/C5H8N2O2/c8-4-1-6-3-2-9-7-5(3)4/h3,5-7H,1-2H2/t3-,5+/m1/s1. The molecule has 0 aliphatic carbocycles. The van der Waals surface area contributed by atoms with Gasteiger partial charge in [-0.1, -0.05) is 0 Å². The van der Waals surface area contributed by atoms with E-state index < -0.39 is 0 Å². The maximum atomic E-state index is 10.9. The molecule has 0 radical (unpaired) electrons. The molecule has 4 heteroatoms. The molecular weight excluding hydrogens is 120 g/mol. The molecule has 0 aromatic carbocycles. The Morgan fingerprint density at radius 2 is 2.56 bits per heavy atom. The summed E-state index contributed by atoms with van der Waals surface area (Å²) in [5.74, 6) is 0.206. The van der Waals surface area contributed by atoms with Gasteiger partial charge in [-0.05, 0) is 0 Å². The minimum Gasteiger partial charge on any atom is -0.303 e. The van der Waals surface area contributed by atoms with E-state index in [-0.39, 0.29) is 17.9 Å². The first kappa shape index (κ1) is 5.34. The lowest BCUT2D eigenvalue weighted by atomic mass is 10.1. The van der Waals surface area contributed by atoms with Gasteiger partial charge in [0.25, 0.3) is 0 Å². The smallest absolute Gasteiger partial charge is 0.167 e. The van der Waals surface area contributed by atoms with Gasteiger partial charge in [0.1, 0.15) is 6.04 Å². The number of ketones is 1. The van der Waals surface area contributed by atoms with E-state index in [1.165, 1.54) is 0 Å². The maximum Gasteiger partial charge on any atom is 0.167 e. The molecule has 0 aromatic heterocycles. The monoisotopic (exact) mass is 128 g/mol. The Hall–Kier alpha value is -0.450. The molecule has 0 amide bonds. The van der Waals surface area contributed by atoms with Crippen molar-refractivity contribution in [2.24, 2.45) is 0 Å². The molecule has 2 atom stereocenters. The lowest BCUT2D eigenvalue weighted by Gasteiger charge is -2.00. The third-order valence-corrected chi connectivity index (χ3v) is 1.76. The van der Waals surface area contributed by atoms with Gasteiger partial charge in [-0.2, -0.15) is 5.48 Å². The summed E-state index contributed by atoms with van der Waals surface area (Å²) in [6.45, 7) is 1.10. The van der Waals surface area contributed by atoms with Crippen LogP contribution in [0.2, 0.25) is 0 Å². The normalized spacial score (nSPS) is 41.6. The third kappa shape index (κ3) is 0.676. The highest BCUT2D eigenvalue weighted by Gasteiger charge is 2.38. The fraction of sp³-hybridized carbons (Fsp3) is 0.800. The highest BCUT2D eigenvalue weighted by molar-refractivity contribution is 5.89. The second kappa shape index (κ2) is 1.76. The van der Waals surface area contributed by atoms with Gasteiger partial charge in [0.2, 0.25) is 0 Å². The Bertz CT molecular complexity index is 148. The Labute approximate surface area is 52.5 Å². The minimum atomic E-state index is -0.0787. The number of fused-ring (bicyclic) bond motifs is 1. The van der Waals surface area contributed by atoms with Gasteiger partial charge in [0.15, 0.2) is 5.78 Å². The van der Waals surface area contributed by atoms with Gasteiger partial charge in [-0.3, -0.25) is 9.63 Å². The van der Waals surface area contributed by atoms with Gasteiger partial charge in [0, 0.05) is 0 Å². The van der Waals surface area contributed by atoms with Gasteiger partial charge >= 0.3 is 0 Å². The lowest BCUT2D eigenvalue weighted by Crippen LogP contribution is -2.34. The fourth-order valence-corrected chi connectivity index (χ4v) is 1.21. The first-order valence-corrected chi connectivity index (χ1v) is 3.01. The van der Waals surface area contributed by atoms with E-state index in [1.807, 2.05) is 0 Å². The van der Waals surface area contributed by atoms with Crippen molar-refractivity contribution in [1.82, 2.24) is 10.8 Å². The van der Waals surface area contributed by atoms with Crippen molar-refractivity contribution in [2.75, 3.05) is 13.2 Å². The van der Waals surface area contributed by atoms with E-state index in [1.54, 1.807) is 0 Å². The molecule has 2 heterocycles. The SMILES string of the molecule is O=C1CN[C@@H]2CON[C@H]12. The second-order valence-corrected chi connectivity index (χ2v) is 2.36. The first-order chi connectivity index (χ1) is 4.38. The molecule has 2 rings (SSSR count). The number of Topliss-reactive ketones (excluding diaryl/α,β-unsaturated/α-hetero) is 1. The molecule has 4 nitrogen and oxygen atoms in total. The molecule has 0 saturated carbocycles. The summed E-state index contributed by atoms with van der Waals surface area (Å²) >= 11 is 0. The van der Waals surface area contributed by atoms with Crippen LogP contribution in [0.15, 0.2) is 0 Å². The van der Waals surface area contributed by atoms with E-state index >= 15 is 0 Å². The summed E-state index contributed by atoms with van der Waals surface area (Å²) in [6.07, 6.45) is 0. The van der Waals surface area contributed by atoms with Crippen LogP contribution in [0, 0.1) is 0 Å². The Morgan fingerprint density at radius 1 is 1.67 bits per heavy atom. The van der Waals surface area contributed by atoms with Crippen molar-refractivity contribution in [3.8, 4) is 0 Å². The highest BCUT2D eigenvalue weighted by Crippen LogP contribution is 2.08. The average Bonchev–Trinajstić information content (AvgIpc) is 2.35. The third-order valence-electron chi connectivity index (χ3n) is 1.76. The molecule has 0 aromatic rings. The average molecular weight is 128 g/mol. The maximum absolute atomic E-state index is 10.9. The van der Waals surface area contributed by atoms with Crippen LogP contribution in [-0.4, -0.2) is 31.0 Å². The van der Waals surface area contributed by atoms with Crippen LogP contribution in [0.25, 0.3) is 0 Å². The van der Waals surface area contributed by atoms with Crippen molar-refractivity contribution in [3.05, 3.63) is 0 Å². The van der Waals surface area contributed by atoms with Crippen LogP contribution in [0.5, 0.6) is 0 Å². The van der Waals surface area contributed by atoms with Crippen molar-refractivity contribution < 1.29 is 9.63 Å². The molecule has 50 valence electrons. The van der Waals surface area contributed by atoms with Crippen molar-refractivity contribution in [3.63, 3.8) is 0 Å². The van der Waals surface area contributed by atoms with Crippen LogP contribution in [0.1, 0.15) is 0 Å². The summed E-state index contributed by atoms with van der Waals surface area (Å²) < 4.78 is 0. The molecule has 2 N–H and O–H groups in total. The van der Waals surface area contributed by atoms with E-state index in [0.29, 0.717) is 13.2 Å². The molecule has 2 aliphatic heterocycles. The molecular formula is C5H8N2O2. The fourth-order valence-electron chi connectivity index (χ4n) is 1.21. The van der Waals surface area contributed by atoms with Crippen LogP contribution >= 0.6 is 0 Å². The number of hydrogen-bond acceptors (Lipinski definition) is 4. The number of rotatable bonds is 0. The Balaban J connectivity index is 2.15. The molecule has 0 spiro atoms. The van der Waals surface area contributed by atoms with E-state index in [0.717, 1.165) is 0 Å². The van der Waals surface area contributed by atoms with Crippen molar-refractivity contribution in [1.29, 1.82) is 0 Å². The topological polar surface area (TPSA) is 50.4 Å². The number of hydrogen-bond donors (Lipinski definition) is 2. The van der Waals surface area contributed by atoms with E-state index in [4.69, 9.17) is 4.84 Å². The van der Waals surface area contributed by atoms with E-state index in [9.17, 15) is 4.79 Å². The summed E-state index contributed by atoms with van der Waals surface area (Å²) in [5, 5.41) is 3.03. The number of hydroxylamine groups is 1. The molecule has 0 bridgehead atoms. The van der Waals surface area contributed by atoms with Gasteiger partial charge in [0.05, 0.1) is 19.2 Å². The zero-order chi connectivity index (χ0) is 6.27. The van der Waals surface area contributed by atoms with Crippen molar-refractivity contribution >= 4 is 5.78 Å². The number of carbonyl (C=O) groups is 1. The highest BCUT2D eigenvalue weighted by atomic mass is 16.7. The largest absolute Gasteiger partial charge is 0.303 e. The second-order valence-electron chi connectivity index (χ2n) is 2.36. The molecule has 2 fully saturated rings. The summed E-state index contributed by atoms with van der Waals surface area (Å²) in [6, 6.07) is 0.141. The van der Waals surface area contributed by atoms with Gasteiger partial charge < -0.3 is 5.32 Å². The summed E-state index contributed by atoms with van der Waals surface area (Å²) in [4.78, 5) is 15.7. The van der Waals surface area contributed by atoms with Crippen LogP contribution in [-0.2, 0) is 9.63 Å². The molecule has 0 unspecified atom stereocenters. The predicted molar refractivity (Wildman–Crippen MR) is 29.7 cm³/mol. The number of carbonyl (C=O) groups excluding carboxylic acids is 1. The molecule has 9 heavy (non-hydrogen) atoms. The summed E-state index contributed by atoms with van der Waals surface area (Å²) in [7, 11) is 0. The first-order valence-electron chi connectivity index (χ1n) is 3.01. The summed E-state index contributed by atoms with van der Waals surface area (Å²) in [5.41, 5.74) is 2.66. The zero-order valence-corrected chi connectivity index (χ0v) is 4.89. The van der Waals surface area contributed by atoms with Crippen LogP contribution in [0.3, 0.4) is 0 Å². The minimum absolute atomic E-state index is 0.0787. The van der Waals surface area contributed by atoms with Gasteiger partial charge in [-0.15, -0.1) is 0 Å². The van der Waals surface area contributed by atoms with Gasteiger partial charge in [-0.25, -0.2) is 0 Å². The number of nitrogens with one attached hydrogen (secondary N) is 2. The van der Waals surface area contributed by atoms with Crippen molar-refractivity contribution in [2.45, 2.75) is 12.1 Å². The molecule has 2 aliphatic rings.